The maximum Gasteiger partial charge on any atom is 0.573 e. The molecule has 1 aliphatic heterocycles. The number of rotatable bonds is 10. The highest BCUT2D eigenvalue weighted by atomic mass is 32.2. The van der Waals surface area contributed by atoms with Crippen molar-refractivity contribution in [2.24, 2.45) is 4.99 Å². The molecule has 7 nitrogen and oxygen atoms in total. The van der Waals surface area contributed by atoms with Crippen LogP contribution in [0, 0.1) is 5.82 Å². The Kier molecular flexibility index (Phi) is 9.98. The SMILES string of the molecule is CC(C)c1cc(F)ccc1N1C(=O)CSC1=NC(=S)CCCCc1ccc(-c2ncn(-c3ccc(OC(F)(F)F)cc3)n2)cc1. The third-order valence-corrected chi connectivity index (χ3v) is 8.20. The molecule has 0 saturated carbocycles. The minimum atomic E-state index is -4.75. The molecule has 0 aliphatic carbocycles. The third-order valence-electron chi connectivity index (χ3n) is 6.98. The summed E-state index contributed by atoms with van der Waals surface area (Å²) in [4.78, 5) is 23.7. The molecule has 0 N–H and O–H groups in total. The monoisotopic (exact) mass is 655 g/mol. The molecule has 0 bridgehead atoms. The van der Waals surface area contributed by atoms with Crippen LogP contribution in [0.3, 0.4) is 0 Å². The van der Waals surface area contributed by atoms with Gasteiger partial charge in [0.1, 0.15) is 22.9 Å². The number of halogens is 4. The summed E-state index contributed by atoms with van der Waals surface area (Å²) in [6.07, 6.45) is -0.109. The number of alkyl halides is 3. The molecule has 0 unspecified atom stereocenters. The number of benzene rings is 3. The fraction of sp³-hybridized carbons (Fsp3) is 0.281. The lowest BCUT2D eigenvalue weighted by atomic mass is 10.0. The molecule has 13 heteroatoms. The van der Waals surface area contributed by atoms with E-state index < -0.39 is 6.36 Å². The second kappa shape index (κ2) is 13.9. The number of thiocarbonyl (C=S) groups is 1. The number of aliphatic imine (C=N–C) groups is 1. The second-order valence-electron chi connectivity index (χ2n) is 10.6. The zero-order valence-corrected chi connectivity index (χ0v) is 26.1. The molecule has 234 valence electrons. The van der Waals surface area contributed by atoms with Gasteiger partial charge in [-0.3, -0.25) is 9.69 Å². The summed E-state index contributed by atoms with van der Waals surface area (Å²) in [6.45, 7) is 3.91. The van der Waals surface area contributed by atoms with Crippen molar-refractivity contribution in [1.29, 1.82) is 0 Å². The van der Waals surface area contributed by atoms with E-state index in [4.69, 9.17) is 12.2 Å². The van der Waals surface area contributed by atoms with Crippen molar-refractivity contribution in [3.8, 4) is 22.8 Å². The first kappa shape index (κ1) is 32.3. The summed E-state index contributed by atoms with van der Waals surface area (Å²) in [7, 11) is 0. The van der Waals surface area contributed by atoms with Crippen LogP contribution in [-0.2, 0) is 11.2 Å². The molecule has 1 amide bonds. The smallest absolute Gasteiger partial charge is 0.406 e. The predicted octanol–water partition coefficient (Wildman–Crippen LogP) is 8.27. The van der Waals surface area contributed by atoms with Crippen molar-refractivity contribution in [3.05, 3.63) is 90.0 Å². The Labute approximate surface area is 267 Å². The Hall–Kier alpha value is -4.10. The standard InChI is InChI=1S/C32H29F4N5O2S2/c1-20(2)26-17-23(33)11-16-27(26)41-29(42)18-45-31(41)38-28(44)6-4-3-5-21-7-9-22(10-8-21)30-37-19-40(39-30)24-12-14-25(15-13-24)43-32(34,35)36/h7-17,19-20H,3-6,18H2,1-2H3. The summed E-state index contributed by atoms with van der Waals surface area (Å²) in [5.41, 5.74) is 3.87. The van der Waals surface area contributed by atoms with Crippen LogP contribution in [-0.4, -0.2) is 42.9 Å². The highest BCUT2D eigenvalue weighted by Crippen LogP contribution is 2.34. The number of anilines is 1. The lowest BCUT2D eigenvalue weighted by Crippen LogP contribution is -2.31. The Morgan fingerprint density at radius 3 is 2.49 bits per heavy atom. The topological polar surface area (TPSA) is 72.6 Å². The molecule has 1 fully saturated rings. The minimum absolute atomic E-state index is 0.0288. The van der Waals surface area contributed by atoms with Crippen LogP contribution in [0.4, 0.5) is 23.2 Å². The average Bonchev–Trinajstić information content (AvgIpc) is 3.62. The van der Waals surface area contributed by atoms with Crippen molar-refractivity contribution < 1.29 is 27.1 Å². The van der Waals surface area contributed by atoms with E-state index in [0.29, 0.717) is 33.8 Å². The van der Waals surface area contributed by atoms with Crippen molar-refractivity contribution in [2.45, 2.75) is 51.8 Å². The molecule has 1 aromatic heterocycles. The fourth-order valence-electron chi connectivity index (χ4n) is 4.78. The van der Waals surface area contributed by atoms with Crippen LogP contribution < -0.4 is 9.64 Å². The molecule has 5 rings (SSSR count). The Bertz CT molecular complexity index is 1700. The van der Waals surface area contributed by atoms with Gasteiger partial charge in [0.15, 0.2) is 11.0 Å². The van der Waals surface area contributed by atoms with E-state index >= 15 is 0 Å². The van der Waals surface area contributed by atoms with Crippen LogP contribution in [0.2, 0.25) is 0 Å². The summed E-state index contributed by atoms with van der Waals surface area (Å²) in [6, 6.07) is 17.7. The van der Waals surface area contributed by atoms with E-state index in [2.05, 4.69) is 19.8 Å². The van der Waals surface area contributed by atoms with Gasteiger partial charge in [-0.1, -0.05) is 62.1 Å². The molecule has 45 heavy (non-hydrogen) atoms. The molecule has 0 radical (unpaired) electrons. The third kappa shape index (κ3) is 8.34. The second-order valence-corrected chi connectivity index (χ2v) is 12.0. The molecule has 2 heterocycles. The predicted molar refractivity (Wildman–Crippen MR) is 171 cm³/mol. The van der Waals surface area contributed by atoms with E-state index in [1.165, 1.54) is 59.2 Å². The van der Waals surface area contributed by atoms with Gasteiger partial charge in [0, 0.05) is 12.0 Å². The van der Waals surface area contributed by atoms with E-state index in [1.807, 2.05) is 38.1 Å². The number of carbonyl (C=O) groups is 1. The number of hydrogen-bond acceptors (Lipinski definition) is 6. The summed E-state index contributed by atoms with van der Waals surface area (Å²) >= 11 is 6.87. The van der Waals surface area contributed by atoms with Crippen LogP contribution >= 0.6 is 24.0 Å². The summed E-state index contributed by atoms with van der Waals surface area (Å²) in [5, 5.41) is 4.97. The van der Waals surface area contributed by atoms with Gasteiger partial charge in [-0.2, -0.15) is 0 Å². The van der Waals surface area contributed by atoms with Gasteiger partial charge >= 0.3 is 6.36 Å². The number of nitrogens with zero attached hydrogens (tertiary/aromatic N) is 5. The lowest BCUT2D eigenvalue weighted by Gasteiger charge is -2.21. The number of amides is 1. The first-order chi connectivity index (χ1) is 21.5. The van der Waals surface area contributed by atoms with E-state index in [9.17, 15) is 22.4 Å². The van der Waals surface area contributed by atoms with Crippen LogP contribution in [0.15, 0.2) is 78.0 Å². The number of ether oxygens (including phenoxy) is 1. The largest absolute Gasteiger partial charge is 0.573 e. The number of thioether (sulfide) groups is 1. The molecule has 1 aliphatic rings. The van der Waals surface area contributed by atoms with Crippen molar-refractivity contribution in [2.75, 3.05) is 10.7 Å². The summed E-state index contributed by atoms with van der Waals surface area (Å²) < 4.78 is 56.5. The summed E-state index contributed by atoms with van der Waals surface area (Å²) in [5.74, 6) is 0.0184. The lowest BCUT2D eigenvalue weighted by molar-refractivity contribution is -0.274. The molecular weight excluding hydrogens is 627 g/mol. The van der Waals surface area contributed by atoms with Gasteiger partial charge in [-0.25, -0.2) is 19.0 Å². The Morgan fingerprint density at radius 1 is 1.07 bits per heavy atom. The molecule has 0 spiro atoms. The molecule has 0 atom stereocenters. The van der Waals surface area contributed by atoms with E-state index in [0.717, 1.165) is 36.0 Å². The first-order valence-corrected chi connectivity index (χ1v) is 15.6. The average molecular weight is 656 g/mol. The van der Waals surface area contributed by atoms with Gasteiger partial charge in [-0.05, 0) is 78.8 Å². The van der Waals surface area contributed by atoms with Crippen molar-refractivity contribution in [1.82, 2.24) is 14.8 Å². The highest BCUT2D eigenvalue weighted by molar-refractivity contribution is 8.15. The fourth-order valence-corrected chi connectivity index (χ4v) is 5.96. The Morgan fingerprint density at radius 2 is 1.80 bits per heavy atom. The zero-order chi connectivity index (χ0) is 32.1. The zero-order valence-electron chi connectivity index (χ0n) is 24.4. The van der Waals surface area contributed by atoms with Crippen molar-refractivity contribution in [3.63, 3.8) is 0 Å². The quantitative estimate of drug-likeness (QED) is 0.0973. The van der Waals surface area contributed by atoms with Gasteiger partial charge in [0.05, 0.1) is 17.1 Å². The molecule has 4 aromatic rings. The van der Waals surface area contributed by atoms with Gasteiger partial charge in [0.25, 0.3) is 0 Å². The van der Waals surface area contributed by atoms with Crippen molar-refractivity contribution >= 4 is 45.7 Å². The van der Waals surface area contributed by atoms with E-state index in [-0.39, 0.29) is 29.1 Å². The van der Waals surface area contributed by atoms with Crippen LogP contribution in [0.25, 0.3) is 17.1 Å². The number of unbranched alkanes of at least 4 members (excludes halogenated alkanes) is 1. The van der Waals surface area contributed by atoms with Crippen LogP contribution in [0.5, 0.6) is 5.75 Å². The van der Waals surface area contributed by atoms with E-state index in [1.54, 1.807) is 11.0 Å². The maximum absolute atomic E-state index is 13.9. The normalized spacial score (nSPS) is 14.5. The van der Waals surface area contributed by atoms with Crippen LogP contribution in [0.1, 0.15) is 50.2 Å². The first-order valence-electron chi connectivity index (χ1n) is 14.2. The maximum atomic E-state index is 13.9. The van der Waals surface area contributed by atoms with Gasteiger partial charge in [0.2, 0.25) is 5.91 Å². The number of aryl methyl sites for hydroxylation is 1. The number of amidine groups is 1. The van der Waals surface area contributed by atoms with Gasteiger partial charge in [-0.15, -0.1) is 18.3 Å². The minimum Gasteiger partial charge on any atom is -0.406 e. The molecular formula is C32H29F4N5O2S2. The Balaban J connectivity index is 1.13. The number of carbonyl (C=O) groups excluding carboxylic acids is 1. The van der Waals surface area contributed by atoms with Gasteiger partial charge < -0.3 is 4.74 Å². The number of hydrogen-bond donors (Lipinski definition) is 0. The molecule has 1 saturated heterocycles. The molecule has 3 aromatic carbocycles. The highest BCUT2D eigenvalue weighted by Gasteiger charge is 2.32. The number of aromatic nitrogens is 3.